The number of benzene rings is 1. The van der Waals surface area contributed by atoms with Gasteiger partial charge in [-0.3, -0.25) is 19.8 Å². The van der Waals surface area contributed by atoms with E-state index in [9.17, 15) is 4.79 Å². The average molecular weight is 461 g/mol. The Kier molecular flexibility index (Phi) is 6.40. The molecule has 0 atom stereocenters. The Hall–Kier alpha value is -2.77. The van der Waals surface area contributed by atoms with Crippen LogP contribution in [0.2, 0.25) is 0 Å². The third-order valence-electron chi connectivity index (χ3n) is 6.88. The molecule has 0 bridgehead atoms. The van der Waals surface area contributed by atoms with Crippen molar-refractivity contribution in [1.29, 1.82) is 0 Å². The Balaban J connectivity index is 1.28. The van der Waals surface area contributed by atoms with Gasteiger partial charge in [0.25, 0.3) is 5.91 Å². The summed E-state index contributed by atoms with van der Waals surface area (Å²) in [5.41, 5.74) is 4.98. The molecule has 2 aromatic heterocycles. The molecule has 2 aliphatic rings. The molecule has 34 heavy (non-hydrogen) atoms. The number of aromatic amines is 1. The van der Waals surface area contributed by atoms with Gasteiger partial charge in [-0.15, -0.1) is 0 Å². The fraction of sp³-hybridized carbons (Fsp3) is 0.519. The van der Waals surface area contributed by atoms with Crippen LogP contribution in [0.4, 0.5) is 0 Å². The maximum atomic E-state index is 13.1. The van der Waals surface area contributed by atoms with Gasteiger partial charge in [0.05, 0.1) is 5.52 Å². The van der Waals surface area contributed by atoms with Crippen LogP contribution in [0.15, 0.2) is 36.7 Å². The second kappa shape index (κ2) is 9.47. The van der Waals surface area contributed by atoms with Crippen LogP contribution in [0.1, 0.15) is 56.1 Å². The smallest absolute Gasteiger partial charge is 0.272 e. The number of piperidine rings is 1. The predicted molar refractivity (Wildman–Crippen MR) is 136 cm³/mol. The summed E-state index contributed by atoms with van der Waals surface area (Å²) >= 11 is 0. The number of nitrogens with one attached hydrogen (secondary N) is 2. The van der Waals surface area contributed by atoms with Crippen molar-refractivity contribution < 1.29 is 4.79 Å². The topological polar surface area (TPSA) is 77.1 Å². The number of likely N-dealkylation sites (tertiary alicyclic amines) is 2. The van der Waals surface area contributed by atoms with Gasteiger partial charge in [-0.1, -0.05) is 26.8 Å². The van der Waals surface area contributed by atoms with Crippen LogP contribution in [-0.4, -0.2) is 69.7 Å². The molecule has 4 heterocycles. The van der Waals surface area contributed by atoms with Gasteiger partial charge in [-0.25, -0.2) is 0 Å². The summed E-state index contributed by atoms with van der Waals surface area (Å²) in [6.07, 6.45) is 7.08. The number of rotatable bonds is 6. The lowest BCUT2D eigenvalue weighted by Gasteiger charge is -2.36. The van der Waals surface area contributed by atoms with Crippen LogP contribution >= 0.6 is 0 Å². The number of pyridine rings is 1. The van der Waals surface area contributed by atoms with E-state index in [-0.39, 0.29) is 11.9 Å². The Morgan fingerprint density at radius 2 is 1.85 bits per heavy atom. The molecule has 3 aromatic rings. The zero-order valence-electron chi connectivity index (χ0n) is 20.6. The molecule has 1 amide bonds. The minimum atomic E-state index is -0.0951. The first-order valence-electron chi connectivity index (χ1n) is 12.5. The van der Waals surface area contributed by atoms with Crippen LogP contribution < -0.4 is 5.32 Å². The van der Waals surface area contributed by atoms with Gasteiger partial charge in [0, 0.05) is 55.6 Å². The Morgan fingerprint density at radius 3 is 2.56 bits per heavy atom. The summed E-state index contributed by atoms with van der Waals surface area (Å²) < 4.78 is 0. The summed E-state index contributed by atoms with van der Waals surface area (Å²) in [6.45, 7) is 13.2. The van der Waals surface area contributed by atoms with Crippen molar-refractivity contribution in [2.45, 2.75) is 52.6 Å². The van der Waals surface area contributed by atoms with E-state index < -0.39 is 0 Å². The first-order chi connectivity index (χ1) is 16.3. The molecule has 0 unspecified atom stereocenters. The predicted octanol–water partition coefficient (Wildman–Crippen LogP) is 4.07. The maximum Gasteiger partial charge on any atom is 0.272 e. The summed E-state index contributed by atoms with van der Waals surface area (Å²) in [7, 11) is 0. The van der Waals surface area contributed by atoms with E-state index in [1.807, 2.05) is 18.5 Å². The van der Waals surface area contributed by atoms with Crippen molar-refractivity contribution in [3.63, 3.8) is 0 Å². The van der Waals surface area contributed by atoms with Gasteiger partial charge in [-0.05, 0) is 67.1 Å². The number of aromatic nitrogens is 3. The summed E-state index contributed by atoms with van der Waals surface area (Å²) in [6, 6.07) is 8.53. The molecule has 0 radical (unpaired) electrons. The van der Waals surface area contributed by atoms with Crippen molar-refractivity contribution in [3.05, 3.63) is 47.9 Å². The van der Waals surface area contributed by atoms with Gasteiger partial charge >= 0.3 is 0 Å². The molecule has 0 spiro atoms. The lowest BCUT2D eigenvalue weighted by atomic mass is 9.94. The molecule has 7 heteroatoms. The standard InChI is InChI=1S/C27H36N6O/c1-27(2,3)18-33-11-7-22(8-12-33)29-26(34)25-23-14-20(5-6-24(23)30-31-25)21-13-19(15-28-16-21)17-32-9-4-10-32/h5-6,13-16,22H,4,7-12,17-18H2,1-3H3,(H,29,34)(H,30,31). The average Bonchev–Trinajstić information content (AvgIpc) is 3.20. The highest BCUT2D eigenvalue weighted by atomic mass is 16.2. The molecule has 1 aromatic carbocycles. The van der Waals surface area contributed by atoms with Gasteiger partial charge < -0.3 is 10.2 Å². The van der Waals surface area contributed by atoms with Crippen molar-refractivity contribution in [2.75, 3.05) is 32.7 Å². The maximum absolute atomic E-state index is 13.1. The molecule has 2 saturated heterocycles. The van der Waals surface area contributed by atoms with Crippen LogP contribution in [0.3, 0.4) is 0 Å². The van der Waals surface area contributed by atoms with Crippen molar-refractivity contribution in [1.82, 2.24) is 30.3 Å². The van der Waals surface area contributed by atoms with Gasteiger partial charge in [0.2, 0.25) is 0 Å². The molecular weight excluding hydrogens is 424 g/mol. The number of carbonyl (C=O) groups is 1. The van der Waals surface area contributed by atoms with Crippen LogP contribution in [0.25, 0.3) is 22.0 Å². The normalized spacial score (nSPS) is 18.2. The van der Waals surface area contributed by atoms with E-state index in [2.05, 4.69) is 69.3 Å². The van der Waals surface area contributed by atoms with Crippen molar-refractivity contribution >= 4 is 16.8 Å². The van der Waals surface area contributed by atoms with E-state index in [0.717, 1.165) is 61.1 Å². The molecule has 180 valence electrons. The van der Waals surface area contributed by atoms with Crippen LogP contribution in [0.5, 0.6) is 0 Å². The zero-order valence-corrected chi connectivity index (χ0v) is 20.6. The zero-order chi connectivity index (χ0) is 23.7. The largest absolute Gasteiger partial charge is 0.348 e. The molecular formula is C27H36N6O. The highest BCUT2D eigenvalue weighted by Gasteiger charge is 2.25. The summed E-state index contributed by atoms with van der Waals surface area (Å²) in [5.74, 6) is -0.0951. The molecule has 2 fully saturated rings. The second-order valence-corrected chi connectivity index (χ2v) is 11.1. The third-order valence-corrected chi connectivity index (χ3v) is 6.88. The van der Waals surface area contributed by atoms with Gasteiger partial charge in [-0.2, -0.15) is 5.10 Å². The number of H-pyrrole nitrogens is 1. The lowest BCUT2D eigenvalue weighted by Crippen LogP contribution is -2.46. The second-order valence-electron chi connectivity index (χ2n) is 11.1. The fourth-order valence-corrected chi connectivity index (χ4v) is 5.06. The molecule has 0 aliphatic carbocycles. The molecule has 2 N–H and O–H groups in total. The molecule has 7 nitrogen and oxygen atoms in total. The van der Waals surface area contributed by atoms with Gasteiger partial charge in [0.1, 0.15) is 0 Å². The number of amides is 1. The van der Waals surface area contributed by atoms with Gasteiger partial charge in [0.15, 0.2) is 5.69 Å². The van der Waals surface area contributed by atoms with E-state index in [1.165, 1.54) is 25.1 Å². The third kappa shape index (κ3) is 5.31. The Morgan fingerprint density at radius 1 is 1.06 bits per heavy atom. The van der Waals surface area contributed by atoms with Crippen LogP contribution in [0, 0.1) is 5.41 Å². The summed E-state index contributed by atoms with van der Waals surface area (Å²) in [5, 5.41) is 11.5. The van der Waals surface area contributed by atoms with E-state index in [1.54, 1.807) is 0 Å². The number of hydrogen-bond acceptors (Lipinski definition) is 5. The first-order valence-corrected chi connectivity index (χ1v) is 12.5. The minimum absolute atomic E-state index is 0.0951. The monoisotopic (exact) mass is 460 g/mol. The van der Waals surface area contributed by atoms with E-state index in [0.29, 0.717) is 11.1 Å². The van der Waals surface area contributed by atoms with Crippen molar-refractivity contribution in [3.8, 4) is 11.1 Å². The molecule has 5 rings (SSSR count). The number of hydrogen-bond donors (Lipinski definition) is 2. The highest BCUT2D eigenvalue weighted by Crippen LogP contribution is 2.27. The minimum Gasteiger partial charge on any atom is -0.348 e. The van der Waals surface area contributed by atoms with Crippen molar-refractivity contribution in [2.24, 2.45) is 5.41 Å². The number of nitrogens with zero attached hydrogens (tertiary/aromatic N) is 4. The molecule has 2 aliphatic heterocycles. The molecule has 0 saturated carbocycles. The quantitative estimate of drug-likeness (QED) is 0.580. The fourth-order valence-electron chi connectivity index (χ4n) is 5.06. The van der Waals surface area contributed by atoms with Crippen LogP contribution in [-0.2, 0) is 6.54 Å². The number of fused-ring (bicyclic) bond motifs is 1. The Labute approximate surface area is 201 Å². The Bertz CT molecular complexity index is 1150. The SMILES string of the molecule is CC(C)(C)CN1CCC(NC(=O)c2n[nH]c3ccc(-c4cncc(CN5CCC5)c4)cc23)CC1. The van der Waals surface area contributed by atoms with E-state index in [4.69, 9.17) is 0 Å². The highest BCUT2D eigenvalue weighted by molar-refractivity contribution is 6.05. The first kappa shape index (κ1) is 23.0. The number of carbonyl (C=O) groups excluding carboxylic acids is 1. The van der Waals surface area contributed by atoms with E-state index >= 15 is 0 Å². The lowest BCUT2D eigenvalue weighted by molar-refractivity contribution is 0.0892. The summed E-state index contributed by atoms with van der Waals surface area (Å²) in [4.78, 5) is 22.5.